The Kier molecular flexibility index (Phi) is 7.75. The maximum atomic E-state index is 2.42. The van der Waals surface area contributed by atoms with Crippen LogP contribution in [-0.2, 0) is 0 Å². The number of fused-ring (bicyclic) bond motifs is 6. The molecule has 0 fully saturated rings. The highest BCUT2D eigenvalue weighted by molar-refractivity contribution is 7.25. The summed E-state index contributed by atoms with van der Waals surface area (Å²) in [6.45, 7) is 0. The van der Waals surface area contributed by atoms with Crippen LogP contribution in [0.5, 0.6) is 0 Å². The van der Waals surface area contributed by atoms with Crippen molar-refractivity contribution < 1.29 is 0 Å². The van der Waals surface area contributed by atoms with Gasteiger partial charge in [-0.2, -0.15) is 0 Å². The molecule has 0 saturated carbocycles. The van der Waals surface area contributed by atoms with E-state index in [2.05, 4.69) is 217 Å². The highest BCUT2D eigenvalue weighted by atomic mass is 32.1. The number of nitrogens with zero attached hydrogens (tertiary/aromatic N) is 1. The first-order valence-corrected chi connectivity index (χ1v) is 20.0. The molecule has 0 aliphatic rings. The van der Waals surface area contributed by atoms with Gasteiger partial charge in [-0.25, -0.2) is 0 Å². The SMILES string of the molecule is c1ccc(-c2ccc3ccc(-c4ccc5ccc(N(c6ccccc6)c6ccc(-c7cccc8sc9ccccc9c78)c7ccccc67)cc5c4)cc3c2)cc1. The van der Waals surface area contributed by atoms with Crippen LogP contribution in [0.25, 0.3) is 85.9 Å². The van der Waals surface area contributed by atoms with Gasteiger partial charge in [0.15, 0.2) is 0 Å². The van der Waals surface area contributed by atoms with Crippen molar-refractivity contribution in [2.75, 3.05) is 4.90 Å². The van der Waals surface area contributed by atoms with Crippen molar-refractivity contribution in [3.63, 3.8) is 0 Å². The molecule has 0 radical (unpaired) electrons. The van der Waals surface area contributed by atoms with Crippen molar-refractivity contribution in [1.29, 1.82) is 0 Å². The molecule has 10 aromatic carbocycles. The lowest BCUT2D eigenvalue weighted by atomic mass is 9.93. The van der Waals surface area contributed by atoms with Gasteiger partial charge in [-0.1, -0.05) is 152 Å². The van der Waals surface area contributed by atoms with Gasteiger partial charge >= 0.3 is 0 Å². The van der Waals surface area contributed by atoms with Crippen LogP contribution in [0.2, 0.25) is 0 Å². The summed E-state index contributed by atoms with van der Waals surface area (Å²) >= 11 is 1.87. The Bertz CT molecular complexity index is 3250. The minimum Gasteiger partial charge on any atom is -0.310 e. The van der Waals surface area contributed by atoms with Crippen LogP contribution in [-0.4, -0.2) is 0 Å². The van der Waals surface area contributed by atoms with Crippen LogP contribution in [0.3, 0.4) is 0 Å². The molecule has 0 N–H and O–H groups in total. The number of rotatable bonds is 6. The van der Waals surface area contributed by atoms with E-state index in [4.69, 9.17) is 0 Å². The number of thiophene rings is 1. The van der Waals surface area contributed by atoms with E-state index in [1.807, 2.05) is 11.3 Å². The molecule has 11 rings (SSSR count). The Morgan fingerprint density at radius 2 is 0.875 bits per heavy atom. The zero-order valence-electron chi connectivity index (χ0n) is 30.6. The highest BCUT2D eigenvalue weighted by Gasteiger charge is 2.19. The van der Waals surface area contributed by atoms with Crippen LogP contribution < -0.4 is 4.90 Å². The van der Waals surface area contributed by atoms with E-state index < -0.39 is 0 Å². The summed E-state index contributed by atoms with van der Waals surface area (Å²) in [5, 5.41) is 10.0. The molecule has 56 heavy (non-hydrogen) atoms. The quantitative estimate of drug-likeness (QED) is 0.165. The van der Waals surface area contributed by atoms with E-state index in [0.29, 0.717) is 0 Å². The lowest BCUT2D eigenvalue weighted by Gasteiger charge is -2.28. The molecule has 0 spiro atoms. The van der Waals surface area contributed by atoms with Crippen LogP contribution >= 0.6 is 11.3 Å². The van der Waals surface area contributed by atoms with Gasteiger partial charge in [0.25, 0.3) is 0 Å². The molecule has 2 heteroatoms. The molecule has 11 aromatic rings. The second-order valence-corrected chi connectivity index (χ2v) is 15.6. The van der Waals surface area contributed by atoms with Crippen molar-refractivity contribution in [3.05, 3.63) is 212 Å². The number of anilines is 3. The molecule has 0 amide bonds. The van der Waals surface area contributed by atoms with Crippen LogP contribution in [0, 0.1) is 0 Å². The third-order valence-corrected chi connectivity index (χ3v) is 12.3. The number of hydrogen-bond acceptors (Lipinski definition) is 2. The van der Waals surface area contributed by atoms with Gasteiger partial charge in [0.2, 0.25) is 0 Å². The monoisotopic (exact) mass is 729 g/mol. The first kappa shape index (κ1) is 32.4. The van der Waals surface area contributed by atoms with Crippen LogP contribution in [0.1, 0.15) is 0 Å². The molecular formula is C54H35NS. The molecule has 262 valence electrons. The third kappa shape index (κ3) is 5.54. The molecule has 0 saturated heterocycles. The first-order valence-electron chi connectivity index (χ1n) is 19.2. The lowest BCUT2D eigenvalue weighted by molar-refractivity contribution is 1.30. The number of hydrogen-bond donors (Lipinski definition) is 0. The van der Waals surface area contributed by atoms with Gasteiger partial charge in [-0.05, 0) is 121 Å². The Hall–Kier alpha value is -7.00. The maximum absolute atomic E-state index is 2.42. The molecule has 0 aliphatic carbocycles. The molecule has 1 nitrogen and oxygen atoms in total. The summed E-state index contributed by atoms with van der Waals surface area (Å²) in [6.07, 6.45) is 0. The predicted octanol–water partition coefficient (Wildman–Crippen LogP) is 16.0. The van der Waals surface area contributed by atoms with Crippen molar-refractivity contribution in [2.45, 2.75) is 0 Å². The summed E-state index contributed by atoms with van der Waals surface area (Å²) in [6, 6.07) is 77.8. The Morgan fingerprint density at radius 3 is 1.61 bits per heavy atom. The second kappa shape index (κ2) is 13.4. The second-order valence-electron chi connectivity index (χ2n) is 14.5. The van der Waals surface area contributed by atoms with E-state index in [-0.39, 0.29) is 0 Å². The molecule has 0 bridgehead atoms. The van der Waals surface area contributed by atoms with Crippen molar-refractivity contribution in [2.24, 2.45) is 0 Å². The summed E-state index contributed by atoms with van der Waals surface area (Å²) in [5.74, 6) is 0. The third-order valence-electron chi connectivity index (χ3n) is 11.2. The van der Waals surface area contributed by atoms with Crippen molar-refractivity contribution in [1.82, 2.24) is 0 Å². The Labute approximate surface area is 330 Å². The summed E-state index contributed by atoms with van der Waals surface area (Å²) in [7, 11) is 0. The minimum atomic E-state index is 1.12. The smallest absolute Gasteiger partial charge is 0.0540 e. The number of benzene rings is 10. The Morgan fingerprint density at radius 1 is 0.304 bits per heavy atom. The molecule has 1 aromatic heterocycles. The molecule has 0 unspecified atom stereocenters. The summed E-state index contributed by atoms with van der Waals surface area (Å²) in [5.41, 5.74) is 10.8. The van der Waals surface area contributed by atoms with Crippen molar-refractivity contribution >= 4 is 80.9 Å². The van der Waals surface area contributed by atoms with Gasteiger partial charge in [0, 0.05) is 36.9 Å². The van der Waals surface area contributed by atoms with Gasteiger partial charge in [0.1, 0.15) is 0 Å². The van der Waals surface area contributed by atoms with Gasteiger partial charge in [-0.3, -0.25) is 0 Å². The normalized spacial score (nSPS) is 11.6. The van der Waals surface area contributed by atoms with Crippen molar-refractivity contribution in [3.8, 4) is 33.4 Å². The fourth-order valence-corrected chi connectivity index (χ4v) is 9.64. The average molecular weight is 730 g/mol. The summed E-state index contributed by atoms with van der Waals surface area (Å²) < 4.78 is 2.64. The molecule has 1 heterocycles. The lowest BCUT2D eigenvalue weighted by Crippen LogP contribution is -2.10. The summed E-state index contributed by atoms with van der Waals surface area (Å²) in [4.78, 5) is 2.42. The van der Waals surface area contributed by atoms with E-state index >= 15 is 0 Å². The van der Waals surface area contributed by atoms with E-state index in [1.165, 1.54) is 85.9 Å². The topological polar surface area (TPSA) is 3.24 Å². The number of para-hydroxylation sites is 1. The fraction of sp³-hybridized carbons (Fsp3) is 0. The van der Waals surface area contributed by atoms with Crippen LogP contribution in [0.4, 0.5) is 17.1 Å². The largest absolute Gasteiger partial charge is 0.310 e. The fourth-order valence-electron chi connectivity index (χ4n) is 8.51. The van der Waals surface area contributed by atoms with Crippen LogP contribution in [0.15, 0.2) is 212 Å². The first-order chi connectivity index (χ1) is 27.7. The van der Waals surface area contributed by atoms with E-state index in [1.54, 1.807) is 0 Å². The highest BCUT2D eigenvalue weighted by Crippen LogP contribution is 2.46. The van der Waals surface area contributed by atoms with Gasteiger partial charge < -0.3 is 4.90 Å². The Balaban J connectivity index is 1.04. The molecule has 0 aliphatic heterocycles. The zero-order chi connectivity index (χ0) is 37.0. The predicted molar refractivity (Wildman–Crippen MR) is 243 cm³/mol. The zero-order valence-corrected chi connectivity index (χ0v) is 31.4. The van der Waals surface area contributed by atoms with E-state index in [9.17, 15) is 0 Å². The van der Waals surface area contributed by atoms with Gasteiger partial charge in [-0.15, -0.1) is 11.3 Å². The maximum Gasteiger partial charge on any atom is 0.0540 e. The standard InChI is InChI=1S/C54H35NS/c1-3-12-36(13-4-1)39-25-22-37-23-26-40(33-42(37)32-39)41-27-24-38-28-29-45(35-43(38)34-41)55(44-14-5-2-6-15-44)51-31-30-47(46-16-7-8-17-48(46)51)49-19-11-21-53-54(49)50-18-9-10-20-52(50)56-53/h1-35H. The minimum absolute atomic E-state index is 1.12. The molecular weight excluding hydrogens is 695 g/mol. The average Bonchev–Trinajstić information content (AvgIpc) is 3.66. The molecule has 0 atom stereocenters. The van der Waals surface area contributed by atoms with Gasteiger partial charge in [0.05, 0.1) is 5.69 Å². The van der Waals surface area contributed by atoms with E-state index in [0.717, 1.165) is 17.1 Å².